The van der Waals surface area contributed by atoms with Crippen molar-refractivity contribution in [1.29, 1.82) is 5.26 Å². The van der Waals surface area contributed by atoms with Crippen LogP contribution in [0.15, 0.2) is 48.5 Å². The van der Waals surface area contributed by atoms with E-state index in [0.717, 1.165) is 17.5 Å². The zero-order valence-corrected chi connectivity index (χ0v) is 19.9. The molecule has 0 aliphatic carbocycles. The fourth-order valence-corrected chi connectivity index (χ4v) is 6.02. The monoisotopic (exact) mass is 483 g/mol. The fourth-order valence-electron chi connectivity index (χ4n) is 4.14. The Hall–Kier alpha value is -3.22. The van der Waals surface area contributed by atoms with Gasteiger partial charge >= 0.3 is 5.97 Å². The normalized spacial score (nSPS) is 17.1. The second-order valence-electron chi connectivity index (χ2n) is 8.40. The smallest absolute Gasteiger partial charge is 0.326 e. The summed E-state index contributed by atoms with van der Waals surface area (Å²) in [7, 11) is -3.57. The maximum absolute atomic E-state index is 12.9. The second-order valence-corrected chi connectivity index (χ2v) is 10.4. The molecular weight excluding hydrogens is 454 g/mol. The van der Waals surface area contributed by atoms with E-state index in [1.807, 2.05) is 31.2 Å². The van der Waals surface area contributed by atoms with Gasteiger partial charge in [-0.1, -0.05) is 55.8 Å². The lowest BCUT2D eigenvalue weighted by Gasteiger charge is -2.25. The molecule has 0 aromatic heterocycles. The van der Waals surface area contributed by atoms with E-state index >= 15 is 0 Å². The van der Waals surface area contributed by atoms with Crippen LogP contribution in [0.4, 0.5) is 0 Å². The molecule has 1 saturated heterocycles. The third kappa shape index (κ3) is 6.01. The number of carboxylic acids is 1. The molecule has 0 saturated carbocycles. The van der Waals surface area contributed by atoms with E-state index in [-0.39, 0.29) is 18.7 Å². The van der Waals surface area contributed by atoms with E-state index in [1.165, 1.54) is 4.31 Å². The molecule has 9 heteroatoms. The molecule has 1 heterocycles. The number of nitriles is 1. The van der Waals surface area contributed by atoms with Crippen LogP contribution in [0.2, 0.25) is 0 Å². The molecule has 1 aliphatic rings. The minimum absolute atomic E-state index is 0.0169. The first-order valence-electron chi connectivity index (χ1n) is 11.4. The molecule has 0 unspecified atom stereocenters. The average molecular weight is 484 g/mol. The molecule has 8 nitrogen and oxygen atoms in total. The Bertz CT molecular complexity index is 1170. The molecule has 0 spiro atoms. The molecule has 1 amide bonds. The van der Waals surface area contributed by atoms with E-state index in [4.69, 9.17) is 0 Å². The zero-order valence-electron chi connectivity index (χ0n) is 19.1. The zero-order chi connectivity index (χ0) is 24.7. The Labute approximate surface area is 200 Å². The lowest BCUT2D eigenvalue weighted by molar-refractivity contribution is -0.142. The number of hydrogen-bond donors (Lipinski definition) is 2. The van der Waals surface area contributed by atoms with Crippen molar-refractivity contribution in [2.45, 2.75) is 51.1 Å². The van der Waals surface area contributed by atoms with Crippen molar-refractivity contribution in [2.24, 2.45) is 0 Å². The quantitative estimate of drug-likeness (QED) is 0.535. The van der Waals surface area contributed by atoms with Gasteiger partial charge in [0, 0.05) is 13.0 Å². The van der Waals surface area contributed by atoms with Crippen molar-refractivity contribution in [3.05, 3.63) is 59.7 Å². The molecule has 3 rings (SSSR count). The molecule has 2 aromatic carbocycles. The van der Waals surface area contributed by atoms with Gasteiger partial charge in [0.25, 0.3) is 0 Å². The third-order valence-corrected chi connectivity index (χ3v) is 7.94. The molecule has 0 radical (unpaired) electrons. The molecule has 1 aliphatic heterocycles. The summed E-state index contributed by atoms with van der Waals surface area (Å²) >= 11 is 0. The van der Waals surface area contributed by atoms with Crippen LogP contribution < -0.4 is 5.32 Å². The van der Waals surface area contributed by atoms with Crippen LogP contribution in [0.25, 0.3) is 11.1 Å². The van der Waals surface area contributed by atoms with Crippen LogP contribution in [-0.2, 0) is 26.0 Å². The summed E-state index contributed by atoms with van der Waals surface area (Å²) < 4.78 is 26.5. The summed E-state index contributed by atoms with van der Waals surface area (Å²) in [4.78, 5) is 24.7. The number of nitrogens with one attached hydrogen (secondary N) is 1. The first kappa shape index (κ1) is 25.4. The number of amides is 1. The van der Waals surface area contributed by atoms with Crippen molar-refractivity contribution >= 4 is 21.9 Å². The number of benzene rings is 2. The average Bonchev–Trinajstić information content (AvgIpc) is 3.34. The van der Waals surface area contributed by atoms with Gasteiger partial charge in [-0.3, -0.25) is 4.79 Å². The van der Waals surface area contributed by atoms with Crippen molar-refractivity contribution in [3.8, 4) is 17.2 Å². The van der Waals surface area contributed by atoms with Crippen LogP contribution in [0.1, 0.15) is 43.7 Å². The topological polar surface area (TPSA) is 128 Å². The van der Waals surface area contributed by atoms with Crippen LogP contribution in [-0.4, -0.2) is 54.1 Å². The fraction of sp³-hybridized carbons (Fsp3) is 0.400. The summed E-state index contributed by atoms with van der Waals surface area (Å²) in [6.45, 7) is 2.17. The van der Waals surface area contributed by atoms with Gasteiger partial charge < -0.3 is 10.4 Å². The number of hydrogen-bond acceptors (Lipinski definition) is 5. The highest BCUT2D eigenvalue weighted by molar-refractivity contribution is 7.89. The van der Waals surface area contributed by atoms with Crippen LogP contribution >= 0.6 is 0 Å². The number of rotatable bonds is 10. The highest BCUT2D eigenvalue weighted by Crippen LogP contribution is 2.25. The number of unbranched alkanes of at least 4 members (excludes halogenated alkanes) is 1. The predicted molar refractivity (Wildman–Crippen MR) is 128 cm³/mol. The maximum atomic E-state index is 12.9. The Kier molecular flexibility index (Phi) is 8.42. The van der Waals surface area contributed by atoms with E-state index < -0.39 is 34.0 Å². The standard InChI is InChI=1S/C25H29N3O5S/c1-2-3-15-34(32,33)28-14-6-9-23(28)24(29)27-22(25(30)31)16-18-10-12-19(13-11-18)21-8-5-4-7-20(21)17-26/h4-5,7-8,10-13,22-23H,2-3,6,9,14-16H2,1H3,(H,27,29)(H,30,31)/t22-,23-/m0/s1. The number of carbonyl (C=O) groups is 2. The van der Waals surface area contributed by atoms with Crippen LogP contribution in [0.5, 0.6) is 0 Å². The summed E-state index contributed by atoms with van der Waals surface area (Å²) in [5.41, 5.74) is 2.85. The van der Waals surface area contributed by atoms with Gasteiger partial charge in [-0.15, -0.1) is 0 Å². The summed E-state index contributed by atoms with van der Waals surface area (Å²) in [5, 5.41) is 21.5. The molecule has 1 fully saturated rings. The summed E-state index contributed by atoms with van der Waals surface area (Å²) in [5.74, 6) is -1.79. The van der Waals surface area contributed by atoms with Crippen molar-refractivity contribution in [2.75, 3.05) is 12.3 Å². The first-order valence-corrected chi connectivity index (χ1v) is 13.0. The number of aliphatic carboxylic acids is 1. The molecule has 34 heavy (non-hydrogen) atoms. The van der Waals surface area contributed by atoms with Gasteiger partial charge in [0.05, 0.1) is 17.4 Å². The number of nitrogens with zero attached hydrogens (tertiary/aromatic N) is 2. The van der Waals surface area contributed by atoms with Crippen LogP contribution in [0, 0.1) is 11.3 Å². The Morgan fingerprint density at radius 1 is 1.21 bits per heavy atom. The van der Waals surface area contributed by atoms with Crippen molar-refractivity contribution in [1.82, 2.24) is 9.62 Å². The predicted octanol–water partition coefficient (Wildman–Crippen LogP) is 2.93. The third-order valence-electron chi connectivity index (χ3n) is 5.99. The maximum Gasteiger partial charge on any atom is 0.326 e. The highest BCUT2D eigenvalue weighted by atomic mass is 32.2. The SMILES string of the molecule is CCCCS(=O)(=O)N1CCC[C@H]1C(=O)N[C@@H](Cc1ccc(-c2ccccc2C#N)cc1)C(=O)O. The van der Waals surface area contributed by atoms with E-state index in [9.17, 15) is 28.4 Å². The van der Waals surface area contributed by atoms with E-state index in [2.05, 4.69) is 11.4 Å². The van der Waals surface area contributed by atoms with Gasteiger partial charge in [-0.2, -0.15) is 9.57 Å². The van der Waals surface area contributed by atoms with Crippen molar-refractivity contribution in [3.63, 3.8) is 0 Å². The van der Waals surface area contributed by atoms with E-state index in [1.54, 1.807) is 24.3 Å². The number of carbonyl (C=O) groups excluding carboxylic acids is 1. The largest absolute Gasteiger partial charge is 0.480 e. The van der Waals surface area contributed by atoms with Crippen LogP contribution in [0.3, 0.4) is 0 Å². The molecular formula is C25H29N3O5S. The lowest BCUT2D eigenvalue weighted by atomic mass is 9.97. The molecule has 180 valence electrons. The number of sulfonamides is 1. The Morgan fingerprint density at radius 2 is 1.91 bits per heavy atom. The molecule has 2 atom stereocenters. The van der Waals surface area contributed by atoms with Gasteiger partial charge in [-0.25, -0.2) is 13.2 Å². The van der Waals surface area contributed by atoms with Gasteiger partial charge in [-0.05, 0) is 42.0 Å². The highest BCUT2D eigenvalue weighted by Gasteiger charge is 2.39. The summed E-state index contributed by atoms with van der Waals surface area (Å²) in [6.07, 6.45) is 2.23. The Morgan fingerprint density at radius 3 is 2.56 bits per heavy atom. The molecule has 2 N–H and O–H groups in total. The second kappa shape index (κ2) is 11.3. The van der Waals surface area contributed by atoms with Gasteiger partial charge in [0.15, 0.2) is 0 Å². The number of carboxylic acid groups (broad SMARTS) is 1. The molecule has 0 bridgehead atoms. The minimum Gasteiger partial charge on any atom is -0.480 e. The Balaban J connectivity index is 1.70. The summed E-state index contributed by atoms with van der Waals surface area (Å²) in [6, 6.07) is 14.4. The molecule has 2 aromatic rings. The lowest BCUT2D eigenvalue weighted by Crippen LogP contribution is -2.51. The first-order chi connectivity index (χ1) is 16.3. The van der Waals surface area contributed by atoms with Gasteiger partial charge in [0.2, 0.25) is 15.9 Å². The minimum atomic E-state index is -3.57. The van der Waals surface area contributed by atoms with Crippen molar-refractivity contribution < 1.29 is 23.1 Å². The van der Waals surface area contributed by atoms with E-state index in [0.29, 0.717) is 30.4 Å². The van der Waals surface area contributed by atoms with Gasteiger partial charge in [0.1, 0.15) is 12.1 Å².